The third kappa shape index (κ3) is 5.72. The molecule has 0 heterocycles. The van der Waals surface area contributed by atoms with Crippen LogP contribution in [-0.2, 0) is 6.42 Å². The van der Waals surface area contributed by atoms with Gasteiger partial charge in [0.1, 0.15) is 0 Å². The van der Waals surface area contributed by atoms with E-state index in [4.69, 9.17) is 5.73 Å². The Morgan fingerprint density at radius 3 is 2.38 bits per heavy atom. The highest BCUT2D eigenvalue weighted by Crippen LogP contribution is 2.12. The lowest BCUT2D eigenvalue weighted by atomic mass is 10.1. The molecule has 0 amide bonds. The molecule has 16 heavy (non-hydrogen) atoms. The highest BCUT2D eigenvalue weighted by molar-refractivity contribution is 5.15. The Morgan fingerprint density at radius 1 is 1.19 bits per heavy atom. The molecule has 0 radical (unpaired) electrons. The Labute approximate surface area is 92.6 Å². The first-order valence-corrected chi connectivity index (χ1v) is 5.04. The number of benzene rings is 1. The maximum atomic E-state index is 11.8. The number of halogens is 3. The van der Waals surface area contributed by atoms with Crippen LogP contribution in [0.15, 0.2) is 30.3 Å². The van der Waals surface area contributed by atoms with Crippen molar-refractivity contribution < 1.29 is 13.2 Å². The molecule has 0 aliphatic rings. The van der Waals surface area contributed by atoms with Crippen molar-refractivity contribution in [3.63, 3.8) is 0 Å². The molecule has 1 rings (SSSR count). The lowest BCUT2D eigenvalue weighted by Crippen LogP contribution is -2.39. The molecule has 1 aromatic carbocycles. The molecule has 5 heteroatoms. The minimum absolute atomic E-state index is 0.161. The predicted octanol–water partition coefficient (Wildman–Crippen LogP) is 1.71. The summed E-state index contributed by atoms with van der Waals surface area (Å²) >= 11 is 0. The van der Waals surface area contributed by atoms with Gasteiger partial charge in [-0.3, -0.25) is 0 Å². The van der Waals surface area contributed by atoms with Crippen molar-refractivity contribution in [1.82, 2.24) is 5.32 Å². The van der Waals surface area contributed by atoms with Gasteiger partial charge in [0, 0.05) is 12.6 Å². The second-order valence-electron chi connectivity index (χ2n) is 3.70. The van der Waals surface area contributed by atoms with E-state index in [1.54, 1.807) is 0 Å². The molecular formula is C11H15F3N2. The molecule has 0 aromatic heterocycles. The molecule has 0 aliphatic heterocycles. The van der Waals surface area contributed by atoms with Crippen LogP contribution in [0.25, 0.3) is 0 Å². The second kappa shape index (κ2) is 5.86. The number of alkyl halides is 3. The van der Waals surface area contributed by atoms with Gasteiger partial charge < -0.3 is 11.1 Å². The summed E-state index contributed by atoms with van der Waals surface area (Å²) in [5.41, 5.74) is 6.74. The predicted molar refractivity (Wildman–Crippen MR) is 57.0 cm³/mol. The molecule has 1 atom stereocenters. The first-order valence-electron chi connectivity index (χ1n) is 5.04. The molecule has 2 nitrogen and oxygen atoms in total. The molecule has 1 aromatic rings. The van der Waals surface area contributed by atoms with E-state index in [0.717, 1.165) is 5.56 Å². The standard InChI is InChI=1S/C11H15F3N2/c12-11(13,14)8-16-7-10(15)6-9-4-2-1-3-5-9/h1-5,10,16H,6-8,15H2/t10-/m1/s1. The number of nitrogens with two attached hydrogens (primary N) is 1. The van der Waals surface area contributed by atoms with Crippen LogP contribution in [0.3, 0.4) is 0 Å². The van der Waals surface area contributed by atoms with Crippen molar-refractivity contribution >= 4 is 0 Å². The number of hydrogen-bond acceptors (Lipinski definition) is 2. The summed E-state index contributed by atoms with van der Waals surface area (Å²) in [5.74, 6) is 0. The largest absolute Gasteiger partial charge is 0.401 e. The van der Waals surface area contributed by atoms with Gasteiger partial charge in [0.15, 0.2) is 0 Å². The van der Waals surface area contributed by atoms with E-state index < -0.39 is 12.7 Å². The average Bonchev–Trinajstić information content (AvgIpc) is 2.17. The summed E-state index contributed by atoms with van der Waals surface area (Å²) in [6, 6.07) is 9.16. The minimum Gasteiger partial charge on any atom is -0.326 e. The number of nitrogens with one attached hydrogen (secondary N) is 1. The van der Waals surface area contributed by atoms with Crippen molar-refractivity contribution in [2.24, 2.45) is 5.73 Å². The molecule has 0 saturated carbocycles. The molecule has 0 aliphatic carbocycles. The summed E-state index contributed by atoms with van der Waals surface area (Å²) in [6.07, 6.45) is -3.60. The van der Waals surface area contributed by atoms with Crippen LogP contribution in [0.4, 0.5) is 13.2 Å². The number of rotatable bonds is 5. The van der Waals surface area contributed by atoms with Crippen LogP contribution in [0.2, 0.25) is 0 Å². The van der Waals surface area contributed by atoms with E-state index in [0.29, 0.717) is 6.42 Å². The molecule has 0 fully saturated rings. The van der Waals surface area contributed by atoms with E-state index in [1.165, 1.54) is 0 Å². The van der Waals surface area contributed by atoms with Gasteiger partial charge in [0.2, 0.25) is 0 Å². The normalized spacial score (nSPS) is 13.8. The molecule has 0 spiro atoms. The first-order chi connectivity index (χ1) is 7.47. The van der Waals surface area contributed by atoms with Crippen molar-refractivity contribution in [2.45, 2.75) is 18.6 Å². The second-order valence-corrected chi connectivity index (χ2v) is 3.70. The van der Waals surface area contributed by atoms with Crippen LogP contribution < -0.4 is 11.1 Å². The smallest absolute Gasteiger partial charge is 0.326 e. The van der Waals surface area contributed by atoms with Gasteiger partial charge in [-0.1, -0.05) is 30.3 Å². The fraction of sp³-hybridized carbons (Fsp3) is 0.455. The molecule has 0 saturated heterocycles. The van der Waals surface area contributed by atoms with Gasteiger partial charge in [0.25, 0.3) is 0 Å². The van der Waals surface area contributed by atoms with E-state index in [9.17, 15) is 13.2 Å². The van der Waals surface area contributed by atoms with Gasteiger partial charge in [-0.05, 0) is 12.0 Å². The zero-order valence-corrected chi connectivity index (χ0v) is 8.80. The molecular weight excluding hydrogens is 217 g/mol. The Bertz CT molecular complexity index is 298. The quantitative estimate of drug-likeness (QED) is 0.811. The van der Waals surface area contributed by atoms with Crippen LogP contribution in [0.5, 0.6) is 0 Å². The highest BCUT2D eigenvalue weighted by Gasteiger charge is 2.26. The summed E-state index contributed by atoms with van der Waals surface area (Å²) in [7, 11) is 0. The van der Waals surface area contributed by atoms with Crippen molar-refractivity contribution in [1.29, 1.82) is 0 Å². The summed E-state index contributed by atoms with van der Waals surface area (Å²) in [4.78, 5) is 0. The van der Waals surface area contributed by atoms with Gasteiger partial charge in [0.05, 0.1) is 6.54 Å². The van der Waals surface area contributed by atoms with E-state index in [-0.39, 0.29) is 12.6 Å². The lowest BCUT2D eigenvalue weighted by Gasteiger charge is -2.14. The first kappa shape index (κ1) is 13.0. The van der Waals surface area contributed by atoms with Crippen LogP contribution in [0, 0.1) is 0 Å². The van der Waals surface area contributed by atoms with Gasteiger partial charge in [-0.15, -0.1) is 0 Å². The van der Waals surface area contributed by atoms with Gasteiger partial charge in [-0.2, -0.15) is 13.2 Å². The maximum Gasteiger partial charge on any atom is 0.401 e. The fourth-order valence-electron chi connectivity index (χ4n) is 1.39. The molecule has 0 unspecified atom stereocenters. The van der Waals surface area contributed by atoms with E-state index in [2.05, 4.69) is 5.32 Å². The third-order valence-electron chi connectivity index (χ3n) is 2.07. The fourth-order valence-corrected chi connectivity index (χ4v) is 1.39. The molecule has 3 N–H and O–H groups in total. The van der Waals surface area contributed by atoms with Gasteiger partial charge >= 0.3 is 6.18 Å². The zero-order valence-electron chi connectivity index (χ0n) is 8.80. The maximum absolute atomic E-state index is 11.8. The van der Waals surface area contributed by atoms with E-state index >= 15 is 0 Å². The van der Waals surface area contributed by atoms with Gasteiger partial charge in [-0.25, -0.2) is 0 Å². The SMILES string of the molecule is N[C@@H](CNCC(F)(F)F)Cc1ccccc1. The third-order valence-corrected chi connectivity index (χ3v) is 2.07. The minimum atomic E-state index is -4.17. The van der Waals surface area contributed by atoms with Crippen molar-refractivity contribution in [3.8, 4) is 0 Å². The van der Waals surface area contributed by atoms with E-state index in [1.807, 2.05) is 30.3 Å². The monoisotopic (exact) mass is 232 g/mol. The summed E-state index contributed by atoms with van der Waals surface area (Å²) < 4.78 is 35.5. The molecule has 90 valence electrons. The highest BCUT2D eigenvalue weighted by atomic mass is 19.4. The summed E-state index contributed by atoms with van der Waals surface area (Å²) in [6.45, 7) is -0.829. The Hall–Kier alpha value is -1.07. The van der Waals surface area contributed by atoms with Crippen molar-refractivity contribution in [3.05, 3.63) is 35.9 Å². The van der Waals surface area contributed by atoms with Crippen LogP contribution in [0.1, 0.15) is 5.56 Å². The average molecular weight is 232 g/mol. The lowest BCUT2D eigenvalue weighted by molar-refractivity contribution is -0.124. The van der Waals surface area contributed by atoms with Crippen LogP contribution >= 0.6 is 0 Å². The Kier molecular flexibility index (Phi) is 4.76. The van der Waals surface area contributed by atoms with Crippen molar-refractivity contribution in [2.75, 3.05) is 13.1 Å². The topological polar surface area (TPSA) is 38.0 Å². The Morgan fingerprint density at radius 2 is 1.81 bits per heavy atom. The summed E-state index contributed by atoms with van der Waals surface area (Å²) in [5, 5.41) is 2.30. The Balaban J connectivity index is 2.24. The zero-order chi connectivity index (χ0) is 12.0. The van der Waals surface area contributed by atoms with Crippen LogP contribution in [-0.4, -0.2) is 25.3 Å². The molecule has 0 bridgehead atoms. The number of hydrogen-bond donors (Lipinski definition) is 2.